The molecule has 0 saturated carbocycles. The van der Waals surface area contributed by atoms with Gasteiger partial charge in [0.15, 0.2) is 0 Å². The van der Waals surface area contributed by atoms with Crippen molar-refractivity contribution >= 4 is 10.2 Å². The van der Waals surface area contributed by atoms with Crippen molar-refractivity contribution in [2.45, 2.75) is 13.3 Å². The maximum absolute atomic E-state index is 12.4. The second-order valence-corrected chi connectivity index (χ2v) is 7.17. The summed E-state index contributed by atoms with van der Waals surface area (Å²) in [6.07, 6.45) is 0.751. The van der Waals surface area contributed by atoms with Crippen LogP contribution < -0.4 is 0 Å². The first kappa shape index (κ1) is 17.3. The van der Waals surface area contributed by atoms with Gasteiger partial charge in [0, 0.05) is 39.8 Å². The van der Waals surface area contributed by atoms with Crippen LogP contribution in [0, 0.1) is 17.2 Å². The Hall–Kier alpha value is -0.720. The molecule has 0 spiro atoms. The minimum Gasteiger partial charge on any atom is -0.395 e. The molecule has 0 aromatic carbocycles. The van der Waals surface area contributed by atoms with E-state index in [2.05, 4.69) is 4.90 Å². The van der Waals surface area contributed by atoms with Crippen LogP contribution in [0.1, 0.15) is 13.3 Å². The Labute approximate surface area is 121 Å². The predicted octanol–water partition coefficient (Wildman–Crippen LogP) is -0.677. The first-order valence-corrected chi connectivity index (χ1v) is 8.25. The summed E-state index contributed by atoms with van der Waals surface area (Å²) < 4.78 is 27.6. The molecule has 1 rings (SSSR count). The largest absolute Gasteiger partial charge is 0.395 e. The lowest BCUT2D eigenvalue weighted by molar-refractivity contribution is 0.201. The van der Waals surface area contributed by atoms with Crippen molar-refractivity contribution in [1.29, 1.82) is 5.26 Å². The van der Waals surface area contributed by atoms with Crippen LogP contribution >= 0.6 is 0 Å². The summed E-state index contributed by atoms with van der Waals surface area (Å²) in [6.45, 7) is 4.91. The fourth-order valence-electron chi connectivity index (χ4n) is 2.26. The Kier molecular flexibility index (Phi) is 6.85. The number of rotatable bonds is 6. The lowest BCUT2D eigenvalue weighted by Gasteiger charge is -2.27. The van der Waals surface area contributed by atoms with E-state index in [4.69, 9.17) is 10.4 Å². The third-order valence-corrected chi connectivity index (χ3v) is 5.39. The van der Waals surface area contributed by atoms with E-state index in [-0.39, 0.29) is 19.1 Å². The standard InChI is InChI=1S/C12H24N4O3S/c1-12(10-13)11-14(2)20(18,19)16-5-3-4-15(6-7-16)8-9-17/h12,17H,3-9,11H2,1-2H3/t12-/m0/s1. The minimum absolute atomic E-state index is 0.0896. The summed E-state index contributed by atoms with van der Waals surface area (Å²) in [5.74, 6) is -0.326. The van der Waals surface area contributed by atoms with Gasteiger partial charge >= 0.3 is 0 Å². The number of hydrogen-bond acceptors (Lipinski definition) is 5. The van der Waals surface area contributed by atoms with E-state index in [0.29, 0.717) is 26.2 Å². The molecule has 0 unspecified atom stereocenters. The van der Waals surface area contributed by atoms with Gasteiger partial charge in [-0.15, -0.1) is 0 Å². The van der Waals surface area contributed by atoms with Gasteiger partial charge in [0.25, 0.3) is 10.2 Å². The third kappa shape index (κ3) is 4.68. The number of nitriles is 1. The van der Waals surface area contributed by atoms with Crippen LogP contribution in [0.5, 0.6) is 0 Å². The Balaban J connectivity index is 2.66. The van der Waals surface area contributed by atoms with Crippen LogP contribution in [0.4, 0.5) is 0 Å². The van der Waals surface area contributed by atoms with E-state index >= 15 is 0 Å². The monoisotopic (exact) mass is 304 g/mol. The number of hydrogen-bond donors (Lipinski definition) is 1. The van der Waals surface area contributed by atoms with Crippen LogP contribution in [0.15, 0.2) is 0 Å². The molecule has 0 aliphatic carbocycles. The lowest BCUT2D eigenvalue weighted by atomic mass is 10.2. The van der Waals surface area contributed by atoms with Crippen molar-refractivity contribution in [2.24, 2.45) is 5.92 Å². The number of aliphatic hydroxyl groups is 1. The van der Waals surface area contributed by atoms with Crippen LogP contribution in [0.3, 0.4) is 0 Å². The maximum atomic E-state index is 12.4. The SMILES string of the molecule is C[C@@H](C#N)CN(C)S(=O)(=O)N1CCCN(CCO)CC1. The molecule has 0 aromatic rings. The van der Waals surface area contributed by atoms with Crippen LogP contribution in [-0.2, 0) is 10.2 Å². The van der Waals surface area contributed by atoms with Crippen LogP contribution in [0.2, 0.25) is 0 Å². The van der Waals surface area contributed by atoms with E-state index in [0.717, 1.165) is 13.0 Å². The van der Waals surface area contributed by atoms with E-state index in [1.807, 2.05) is 6.07 Å². The number of β-amino-alcohol motifs (C(OH)–C–C–N with tert-alkyl or cyclic N) is 1. The van der Waals surface area contributed by atoms with E-state index in [9.17, 15) is 8.42 Å². The minimum atomic E-state index is -3.50. The molecule has 20 heavy (non-hydrogen) atoms. The Morgan fingerprint density at radius 3 is 2.65 bits per heavy atom. The lowest BCUT2D eigenvalue weighted by Crippen LogP contribution is -2.45. The first-order chi connectivity index (χ1) is 9.41. The molecule has 0 aromatic heterocycles. The molecule has 1 atom stereocenters. The van der Waals surface area contributed by atoms with Crippen LogP contribution in [-0.4, -0.2) is 80.0 Å². The van der Waals surface area contributed by atoms with Gasteiger partial charge in [-0.2, -0.15) is 22.3 Å². The number of aliphatic hydroxyl groups excluding tert-OH is 1. The second-order valence-electron chi connectivity index (χ2n) is 5.14. The second kappa shape index (κ2) is 7.90. The van der Waals surface area contributed by atoms with Crippen molar-refractivity contribution in [2.75, 3.05) is 52.9 Å². The summed E-state index contributed by atoms with van der Waals surface area (Å²) in [7, 11) is -1.99. The molecule has 1 heterocycles. The zero-order valence-corrected chi connectivity index (χ0v) is 13.0. The maximum Gasteiger partial charge on any atom is 0.281 e. The fourth-order valence-corrected chi connectivity index (χ4v) is 3.74. The molecule has 8 heteroatoms. The molecule has 0 radical (unpaired) electrons. The van der Waals surface area contributed by atoms with Gasteiger partial charge in [-0.3, -0.25) is 4.90 Å². The van der Waals surface area contributed by atoms with Crippen molar-refractivity contribution in [3.05, 3.63) is 0 Å². The molecular weight excluding hydrogens is 280 g/mol. The van der Waals surface area contributed by atoms with E-state index < -0.39 is 10.2 Å². The predicted molar refractivity (Wildman–Crippen MR) is 76.0 cm³/mol. The van der Waals surface area contributed by atoms with Gasteiger partial charge in [-0.25, -0.2) is 0 Å². The highest BCUT2D eigenvalue weighted by atomic mass is 32.2. The average molecular weight is 304 g/mol. The molecule has 0 amide bonds. The van der Waals surface area contributed by atoms with E-state index in [1.165, 1.54) is 15.7 Å². The first-order valence-electron chi connectivity index (χ1n) is 6.86. The van der Waals surface area contributed by atoms with Gasteiger partial charge < -0.3 is 5.11 Å². The molecule has 7 nitrogen and oxygen atoms in total. The highest BCUT2D eigenvalue weighted by Gasteiger charge is 2.29. The van der Waals surface area contributed by atoms with Crippen molar-refractivity contribution in [3.63, 3.8) is 0 Å². The van der Waals surface area contributed by atoms with Gasteiger partial charge in [-0.05, 0) is 19.9 Å². The third-order valence-electron chi connectivity index (χ3n) is 3.44. The average Bonchev–Trinajstić information content (AvgIpc) is 2.65. The summed E-state index contributed by atoms with van der Waals surface area (Å²) in [6, 6.07) is 2.05. The molecule has 1 saturated heterocycles. The zero-order chi connectivity index (χ0) is 15.2. The highest BCUT2D eigenvalue weighted by Crippen LogP contribution is 2.12. The summed E-state index contributed by atoms with van der Waals surface area (Å²) in [4.78, 5) is 2.06. The Morgan fingerprint density at radius 2 is 2.05 bits per heavy atom. The Morgan fingerprint density at radius 1 is 1.35 bits per heavy atom. The normalized spacial score (nSPS) is 20.6. The highest BCUT2D eigenvalue weighted by molar-refractivity contribution is 7.86. The van der Waals surface area contributed by atoms with Crippen LogP contribution in [0.25, 0.3) is 0 Å². The van der Waals surface area contributed by atoms with Gasteiger partial charge in [0.1, 0.15) is 0 Å². The molecule has 1 aliphatic rings. The zero-order valence-electron chi connectivity index (χ0n) is 12.2. The van der Waals surface area contributed by atoms with Crippen molar-refractivity contribution in [3.8, 4) is 6.07 Å². The van der Waals surface area contributed by atoms with Crippen molar-refractivity contribution in [1.82, 2.24) is 13.5 Å². The summed E-state index contributed by atoms with van der Waals surface area (Å²) in [5.41, 5.74) is 0. The molecular formula is C12H24N4O3S. The molecule has 116 valence electrons. The Bertz CT molecular complexity index is 434. The fraction of sp³-hybridized carbons (Fsp3) is 0.917. The topological polar surface area (TPSA) is 87.9 Å². The quantitative estimate of drug-likeness (QED) is 0.702. The molecule has 0 bridgehead atoms. The molecule has 1 N–H and O–H groups in total. The molecule has 1 aliphatic heterocycles. The van der Waals surface area contributed by atoms with E-state index in [1.54, 1.807) is 6.92 Å². The van der Waals surface area contributed by atoms with Crippen molar-refractivity contribution < 1.29 is 13.5 Å². The summed E-state index contributed by atoms with van der Waals surface area (Å²) in [5, 5.41) is 17.7. The summed E-state index contributed by atoms with van der Waals surface area (Å²) >= 11 is 0. The molecule has 1 fully saturated rings. The van der Waals surface area contributed by atoms with Gasteiger partial charge in [0.2, 0.25) is 0 Å². The van der Waals surface area contributed by atoms with Gasteiger partial charge in [-0.1, -0.05) is 0 Å². The van der Waals surface area contributed by atoms with Gasteiger partial charge in [0.05, 0.1) is 18.6 Å². The number of nitrogens with zero attached hydrogens (tertiary/aromatic N) is 4. The smallest absolute Gasteiger partial charge is 0.281 e.